The van der Waals surface area contributed by atoms with Gasteiger partial charge in [-0.3, -0.25) is 9.59 Å². The van der Waals surface area contributed by atoms with Crippen molar-refractivity contribution in [2.24, 2.45) is 0 Å². The highest BCUT2D eigenvalue weighted by atomic mass is 16.3. The Labute approximate surface area is 166 Å². The van der Waals surface area contributed by atoms with Crippen LogP contribution >= 0.6 is 0 Å². The average Bonchev–Trinajstić information content (AvgIpc) is 3.13. The molecule has 29 heavy (non-hydrogen) atoms. The van der Waals surface area contributed by atoms with Gasteiger partial charge in [-0.2, -0.15) is 0 Å². The van der Waals surface area contributed by atoms with E-state index in [1.165, 1.54) is 6.08 Å². The van der Waals surface area contributed by atoms with Gasteiger partial charge in [-0.25, -0.2) is 9.97 Å². The molecule has 4 aromatic rings. The van der Waals surface area contributed by atoms with E-state index in [0.717, 1.165) is 5.52 Å². The number of hydrogen-bond acceptors (Lipinski definition) is 5. The van der Waals surface area contributed by atoms with Crippen molar-refractivity contribution in [3.8, 4) is 0 Å². The largest absolute Gasteiger partial charge is 0.437 e. The first kappa shape index (κ1) is 18.6. The van der Waals surface area contributed by atoms with Crippen molar-refractivity contribution in [2.75, 3.05) is 0 Å². The Morgan fingerprint density at radius 2 is 1.83 bits per heavy atom. The summed E-state index contributed by atoms with van der Waals surface area (Å²) < 4.78 is 5.61. The Balaban J connectivity index is 1.57. The van der Waals surface area contributed by atoms with Crippen molar-refractivity contribution < 1.29 is 9.21 Å². The van der Waals surface area contributed by atoms with Gasteiger partial charge in [-0.1, -0.05) is 24.3 Å². The van der Waals surface area contributed by atoms with Gasteiger partial charge < -0.3 is 14.3 Å². The summed E-state index contributed by atoms with van der Waals surface area (Å²) in [4.78, 5) is 38.3. The summed E-state index contributed by atoms with van der Waals surface area (Å²) in [7, 11) is 0. The second-order valence-corrected chi connectivity index (χ2v) is 6.94. The van der Waals surface area contributed by atoms with Crippen molar-refractivity contribution in [3.05, 3.63) is 76.7 Å². The molecule has 1 amide bonds. The first-order chi connectivity index (χ1) is 14.0. The van der Waals surface area contributed by atoms with E-state index in [-0.39, 0.29) is 24.1 Å². The monoisotopic (exact) mass is 388 g/mol. The van der Waals surface area contributed by atoms with E-state index in [0.29, 0.717) is 28.2 Å². The van der Waals surface area contributed by atoms with Crippen molar-refractivity contribution in [1.82, 2.24) is 19.9 Å². The standard InChI is InChI=1S/C22H20N4O3/c1-14(2)26(13-19-23-16-8-4-3-7-15(16)22(28)25-19)21(27)12-11-20-24-17-9-5-6-10-18(17)29-20/h3-12,14H,13H2,1-2H3,(H,23,25,28)/b12-11-. The van der Waals surface area contributed by atoms with Crippen LogP contribution in [0.1, 0.15) is 25.6 Å². The average molecular weight is 388 g/mol. The summed E-state index contributed by atoms with van der Waals surface area (Å²) in [6.45, 7) is 4.00. The summed E-state index contributed by atoms with van der Waals surface area (Å²) in [5.74, 6) is 0.574. The Morgan fingerprint density at radius 1 is 1.10 bits per heavy atom. The molecular formula is C22H20N4O3. The van der Waals surface area contributed by atoms with E-state index in [1.807, 2.05) is 44.2 Å². The third-order valence-electron chi connectivity index (χ3n) is 4.57. The van der Waals surface area contributed by atoms with Gasteiger partial charge in [-0.05, 0) is 38.1 Å². The number of fused-ring (bicyclic) bond motifs is 2. The highest BCUT2D eigenvalue weighted by Gasteiger charge is 2.17. The molecule has 0 saturated carbocycles. The van der Waals surface area contributed by atoms with Crippen molar-refractivity contribution in [3.63, 3.8) is 0 Å². The third kappa shape index (κ3) is 3.94. The zero-order valence-corrected chi connectivity index (χ0v) is 16.1. The smallest absolute Gasteiger partial charge is 0.258 e. The van der Waals surface area contributed by atoms with Gasteiger partial charge in [0.2, 0.25) is 11.8 Å². The highest BCUT2D eigenvalue weighted by molar-refractivity contribution is 5.91. The normalized spacial score (nSPS) is 11.7. The lowest BCUT2D eigenvalue weighted by Gasteiger charge is -2.24. The summed E-state index contributed by atoms with van der Waals surface area (Å²) in [5, 5.41) is 0.523. The molecule has 0 aliphatic rings. The molecule has 2 aromatic carbocycles. The maximum Gasteiger partial charge on any atom is 0.258 e. The van der Waals surface area contributed by atoms with Gasteiger partial charge in [0.15, 0.2) is 5.58 Å². The van der Waals surface area contributed by atoms with Crippen LogP contribution in [0.3, 0.4) is 0 Å². The Kier molecular flexibility index (Phi) is 4.95. The van der Waals surface area contributed by atoms with Crippen LogP contribution in [0.5, 0.6) is 0 Å². The zero-order valence-electron chi connectivity index (χ0n) is 16.1. The number of aromatic nitrogens is 3. The van der Waals surface area contributed by atoms with E-state index in [1.54, 1.807) is 29.2 Å². The number of H-pyrrole nitrogens is 1. The van der Waals surface area contributed by atoms with Gasteiger partial charge in [0, 0.05) is 18.2 Å². The molecule has 0 aliphatic carbocycles. The summed E-state index contributed by atoms with van der Waals surface area (Å²) in [6, 6.07) is 14.4. The number of aromatic amines is 1. The minimum atomic E-state index is -0.224. The molecular weight excluding hydrogens is 368 g/mol. The molecule has 0 bridgehead atoms. The van der Waals surface area contributed by atoms with Crippen molar-refractivity contribution in [2.45, 2.75) is 26.4 Å². The van der Waals surface area contributed by atoms with Crippen molar-refractivity contribution in [1.29, 1.82) is 0 Å². The molecule has 0 radical (unpaired) electrons. The Hall–Kier alpha value is -3.74. The van der Waals surface area contributed by atoms with E-state index in [9.17, 15) is 9.59 Å². The van der Waals surface area contributed by atoms with Crippen LogP contribution in [-0.2, 0) is 11.3 Å². The lowest BCUT2D eigenvalue weighted by Crippen LogP contribution is -2.36. The van der Waals surface area contributed by atoms with Crippen LogP contribution in [0.2, 0.25) is 0 Å². The Morgan fingerprint density at radius 3 is 2.59 bits per heavy atom. The van der Waals surface area contributed by atoms with Gasteiger partial charge in [0.05, 0.1) is 17.4 Å². The Bertz CT molecular complexity index is 1240. The van der Waals surface area contributed by atoms with Crippen LogP contribution in [0.4, 0.5) is 0 Å². The number of nitrogens with zero attached hydrogens (tertiary/aromatic N) is 3. The fourth-order valence-electron chi connectivity index (χ4n) is 3.09. The second-order valence-electron chi connectivity index (χ2n) is 6.94. The predicted molar refractivity (Wildman–Crippen MR) is 111 cm³/mol. The van der Waals surface area contributed by atoms with Crippen LogP contribution in [0.15, 0.2) is 63.8 Å². The minimum Gasteiger partial charge on any atom is -0.437 e. The minimum absolute atomic E-state index is 0.0902. The number of nitrogens with one attached hydrogen (secondary N) is 1. The molecule has 4 rings (SSSR count). The van der Waals surface area contributed by atoms with Crippen LogP contribution in [0, 0.1) is 0 Å². The van der Waals surface area contributed by atoms with Gasteiger partial charge in [-0.15, -0.1) is 0 Å². The molecule has 0 saturated heterocycles. The molecule has 0 fully saturated rings. The molecule has 1 N–H and O–H groups in total. The zero-order chi connectivity index (χ0) is 20.4. The molecule has 0 atom stereocenters. The number of para-hydroxylation sites is 3. The van der Waals surface area contributed by atoms with E-state index in [2.05, 4.69) is 15.0 Å². The fraction of sp³-hybridized carbons (Fsp3) is 0.182. The first-order valence-electron chi connectivity index (χ1n) is 9.33. The number of hydrogen-bond donors (Lipinski definition) is 1. The fourth-order valence-corrected chi connectivity index (χ4v) is 3.09. The molecule has 146 valence electrons. The molecule has 0 unspecified atom stereocenters. The lowest BCUT2D eigenvalue weighted by molar-refractivity contribution is -0.128. The van der Waals surface area contributed by atoms with E-state index >= 15 is 0 Å². The molecule has 2 heterocycles. The topological polar surface area (TPSA) is 92.1 Å². The van der Waals surface area contributed by atoms with E-state index in [4.69, 9.17) is 4.42 Å². The number of carbonyl (C=O) groups is 1. The maximum atomic E-state index is 12.8. The van der Waals surface area contributed by atoms with Crippen molar-refractivity contribution >= 4 is 34.0 Å². The van der Waals surface area contributed by atoms with E-state index < -0.39 is 0 Å². The number of rotatable bonds is 5. The third-order valence-corrected chi connectivity index (χ3v) is 4.57. The molecule has 7 heteroatoms. The highest BCUT2D eigenvalue weighted by Crippen LogP contribution is 2.16. The SMILES string of the molecule is CC(C)N(Cc1nc2ccccc2c(=O)[nH]1)C(=O)/C=C\c1nc2ccccc2o1. The van der Waals surface area contributed by atoms with Gasteiger partial charge in [0.1, 0.15) is 11.3 Å². The van der Waals surface area contributed by atoms with Gasteiger partial charge in [0.25, 0.3) is 5.56 Å². The number of amides is 1. The number of carbonyl (C=O) groups excluding carboxylic acids is 1. The summed E-state index contributed by atoms with van der Waals surface area (Å²) in [6.07, 6.45) is 2.97. The summed E-state index contributed by atoms with van der Waals surface area (Å²) in [5.41, 5.74) is 1.78. The van der Waals surface area contributed by atoms with Crippen LogP contribution < -0.4 is 5.56 Å². The first-order valence-corrected chi connectivity index (χ1v) is 9.33. The van der Waals surface area contributed by atoms with Gasteiger partial charge >= 0.3 is 0 Å². The summed E-state index contributed by atoms with van der Waals surface area (Å²) >= 11 is 0. The van der Waals surface area contributed by atoms with Crippen LogP contribution in [-0.4, -0.2) is 31.8 Å². The molecule has 0 spiro atoms. The van der Waals surface area contributed by atoms with Crippen LogP contribution in [0.25, 0.3) is 28.1 Å². The molecule has 2 aromatic heterocycles. The quantitative estimate of drug-likeness (QED) is 0.528. The maximum absolute atomic E-state index is 12.8. The second kappa shape index (κ2) is 7.71. The predicted octanol–water partition coefficient (Wildman–Crippen LogP) is 3.51. The number of benzene rings is 2. The number of oxazole rings is 1. The molecule has 7 nitrogen and oxygen atoms in total. The lowest BCUT2D eigenvalue weighted by atomic mass is 10.2. The molecule has 0 aliphatic heterocycles.